The molecule has 0 saturated carbocycles. The summed E-state index contributed by atoms with van der Waals surface area (Å²) in [5.41, 5.74) is 0. The second-order valence-electron chi connectivity index (χ2n) is 4.23. The van der Waals surface area contributed by atoms with Gasteiger partial charge in [0.1, 0.15) is 0 Å². The van der Waals surface area contributed by atoms with E-state index in [2.05, 4.69) is 11.8 Å². The molecule has 0 N–H and O–H groups in total. The Labute approximate surface area is 74.9 Å². The number of rotatable bonds is 1. The third kappa shape index (κ3) is 1.80. The summed E-state index contributed by atoms with van der Waals surface area (Å²) in [6.45, 7) is 6.97. The van der Waals surface area contributed by atoms with Gasteiger partial charge in [0, 0.05) is 25.8 Å². The van der Waals surface area contributed by atoms with Crippen LogP contribution in [0.3, 0.4) is 0 Å². The van der Waals surface area contributed by atoms with Gasteiger partial charge in [-0.25, -0.2) is 0 Å². The van der Waals surface area contributed by atoms with Crippen molar-refractivity contribution in [3.8, 4) is 0 Å². The van der Waals surface area contributed by atoms with E-state index in [1.165, 1.54) is 32.4 Å². The first kappa shape index (κ1) is 8.52. The first-order chi connectivity index (χ1) is 5.86. The van der Waals surface area contributed by atoms with Crippen LogP contribution in [0.25, 0.3) is 0 Å². The average Bonchev–Trinajstić information content (AvgIpc) is 2.54. The zero-order chi connectivity index (χ0) is 8.39. The van der Waals surface area contributed by atoms with E-state index in [-0.39, 0.29) is 0 Å². The lowest BCUT2D eigenvalue weighted by Crippen LogP contribution is -2.37. The van der Waals surface area contributed by atoms with Crippen molar-refractivity contribution in [1.29, 1.82) is 0 Å². The summed E-state index contributed by atoms with van der Waals surface area (Å²) < 4.78 is 5.36. The predicted octanol–water partition coefficient (Wildman–Crippen LogP) is 1.51. The molecule has 0 bridgehead atoms. The second kappa shape index (κ2) is 3.75. The summed E-state index contributed by atoms with van der Waals surface area (Å²) in [7, 11) is 0. The van der Waals surface area contributed by atoms with Crippen molar-refractivity contribution in [3.63, 3.8) is 0 Å². The van der Waals surface area contributed by atoms with Crippen LogP contribution in [-0.2, 0) is 4.74 Å². The lowest BCUT2D eigenvalue weighted by Gasteiger charge is -2.30. The largest absolute Gasteiger partial charge is 0.381 e. The predicted molar refractivity (Wildman–Crippen MR) is 49.2 cm³/mol. The minimum Gasteiger partial charge on any atom is -0.381 e. The van der Waals surface area contributed by atoms with E-state index >= 15 is 0 Å². The number of nitrogens with zero attached hydrogens (tertiary/aromatic N) is 1. The van der Waals surface area contributed by atoms with Gasteiger partial charge in [-0.15, -0.1) is 0 Å². The number of hydrogen-bond donors (Lipinski definition) is 0. The van der Waals surface area contributed by atoms with Crippen LogP contribution in [0.5, 0.6) is 0 Å². The molecule has 0 aromatic heterocycles. The molecule has 2 nitrogen and oxygen atoms in total. The van der Waals surface area contributed by atoms with Crippen molar-refractivity contribution in [1.82, 2.24) is 4.90 Å². The van der Waals surface area contributed by atoms with Gasteiger partial charge in [0.2, 0.25) is 0 Å². The fourth-order valence-corrected chi connectivity index (χ4v) is 2.35. The Morgan fingerprint density at radius 2 is 1.92 bits per heavy atom. The summed E-state index contributed by atoms with van der Waals surface area (Å²) in [5, 5.41) is 0. The zero-order valence-corrected chi connectivity index (χ0v) is 7.96. The van der Waals surface area contributed by atoms with Gasteiger partial charge in [-0.3, -0.25) is 4.90 Å². The fourth-order valence-electron chi connectivity index (χ4n) is 2.35. The fraction of sp³-hybridized carbons (Fsp3) is 1.00. The SMILES string of the molecule is C[C@@H]1CCN(C2CCOCC2)C1. The first-order valence-corrected chi connectivity index (χ1v) is 5.18. The van der Waals surface area contributed by atoms with E-state index in [1.807, 2.05) is 0 Å². The maximum absolute atomic E-state index is 5.36. The third-order valence-electron chi connectivity index (χ3n) is 3.16. The first-order valence-electron chi connectivity index (χ1n) is 5.18. The Balaban J connectivity index is 1.83. The van der Waals surface area contributed by atoms with E-state index in [0.29, 0.717) is 0 Å². The highest BCUT2D eigenvalue weighted by Crippen LogP contribution is 2.22. The lowest BCUT2D eigenvalue weighted by molar-refractivity contribution is 0.0414. The molecule has 12 heavy (non-hydrogen) atoms. The molecule has 2 aliphatic heterocycles. The third-order valence-corrected chi connectivity index (χ3v) is 3.16. The van der Waals surface area contributed by atoms with Gasteiger partial charge in [-0.05, 0) is 31.7 Å². The molecule has 2 heteroatoms. The highest BCUT2D eigenvalue weighted by Gasteiger charge is 2.26. The molecule has 70 valence electrons. The van der Waals surface area contributed by atoms with Crippen molar-refractivity contribution >= 4 is 0 Å². The van der Waals surface area contributed by atoms with Crippen LogP contribution in [0.1, 0.15) is 26.2 Å². The van der Waals surface area contributed by atoms with E-state index in [0.717, 1.165) is 25.2 Å². The monoisotopic (exact) mass is 169 g/mol. The topological polar surface area (TPSA) is 12.5 Å². The molecule has 0 aromatic rings. The Morgan fingerprint density at radius 3 is 2.50 bits per heavy atom. The highest BCUT2D eigenvalue weighted by atomic mass is 16.5. The molecule has 2 fully saturated rings. The highest BCUT2D eigenvalue weighted by molar-refractivity contribution is 4.80. The quantitative estimate of drug-likeness (QED) is 0.590. The molecule has 0 spiro atoms. The normalized spacial score (nSPS) is 34.2. The summed E-state index contributed by atoms with van der Waals surface area (Å²) in [5.74, 6) is 0.924. The van der Waals surface area contributed by atoms with Gasteiger partial charge in [-0.2, -0.15) is 0 Å². The summed E-state index contributed by atoms with van der Waals surface area (Å²) in [6.07, 6.45) is 3.91. The minimum atomic E-state index is 0.837. The van der Waals surface area contributed by atoms with Gasteiger partial charge >= 0.3 is 0 Å². The van der Waals surface area contributed by atoms with E-state index < -0.39 is 0 Å². The molecule has 2 aliphatic rings. The molecule has 1 atom stereocenters. The smallest absolute Gasteiger partial charge is 0.0480 e. The van der Waals surface area contributed by atoms with Crippen molar-refractivity contribution < 1.29 is 4.74 Å². The Bertz CT molecular complexity index is 140. The van der Waals surface area contributed by atoms with Crippen LogP contribution in [0, 0.1) is 5.92 Å². The molecule has 0 aliphatic carbocycles. The molecule has 2 saturated heterocycles. The minimum absolute atomic E-state index is 0.837. The molecule has 0 unspecified atom stereocenters. The number of likely N-dealkylation sites (tertiary alicyclic amines) is 1. The average molecular weight is 169 g/mol. The van der Waals surface area contributed by atoms with Crippen LogP contribution in [0.4, 0.5) is 0 Å². The van der Waals surface area contributed by atoms with E-state index in [9.17, 15) is 0 Å². The Hall–Kier alpha value is -0.0800. The van der Waals surface area contributed by atoms with E-state index in [1.54, 1.807) is 0 Å². The number of hydrogen-bond acceptors (Lipinski definition) is 2. The molecule has 0 amide bonds. The van der Waals surface area contributed by atoms with Gasteiger partial charge < -0.3 is 4.74 Å². The van der Waals surface area contributed by atoms with Gasteiger partial charge in [0.25, 0.3) is 0 Å². The number of ether oxygens (including phenoxy) is 1. The van der Waals surface area contributed by atoms with Crippen LogP contribution in [0.2, 0.25) is 0 Å². The van der Waals surface area contributed by atoms with Crippen LogP contribution in [-0.4, -0.2) is 37.2 Å². The van der Waals surface area contributed by atoms with Crippen LogP contribution in [0.15, 0.2) is 0 Å². The maximum Gasteiger partial charge on any atom is 0.0480 e. The molecule has 2 heterocycles. The second-order valence-corrected chi connectivity index (χ2v) is 4.23. The van der Waals surface area contributed by atoms with Gasteiger partial charge in [0.15, 0.2) is 0 Å². The molecule has 0 aromatic carbocycles. The summed E-state index contributed by atoms with van der Waals surface area (Å²) in [6, 6.07) is 0.837. The zero-order valence-electron chi connectivity index (χ0n) is 7.96. The Kier molecular flexibility index (Phi) is 2.66. The molecular weight excluding hydrogens is 150 g/mol. The molecular formula is C10H19NO. The summed E-state index contributed by atoms with van der Waals surface area (Å²) in [4.78, 5) is 2.66. The van der Waals surface area contributed by atoms with Crippen molar-refractivity contribution in [2.24, 2.45) is 5.92 Å². The maximum atomic E-state index is 5.36. The van der Waals surface area contributed by atoms with E-state index in [4.69, 9.17) is 4.74 Å². The standard InChI is InChI=1S/C10H19NO/c1-9-2-5-11(8-9)10-3-6-12-7-4-10/h9-10H,2-8H2,1H3/t9-/m1/s1. The van der Waals surface area contributed by atoms with Gasteiger partial charge in [0.05, 0.1) is 0 Å². The van der Waals surface area contributed by atoms with Crippen LogP contribution < -0.4 is 0 Å². The Morgan fingerprint density at radius 1 is 1.17 bits per heavy atom. The van der Waals surface area contributed by atoms with Gasteiger partial charge in [-0.1, -0.05) is 6.92 Å². The molecule has 2 rings (SSSR count). The van der Waals surface area contributed by atoms with Crippen molar-refractivity contribution in [2.45, 2.75) is 32.2 Å². The van der Waals surface area contributed by atoms with Crippen molar-refractivity contribution in [3.05, 3.63) is 0 Å². The van der Waals surface area contributed by atoms with Crippen molar-refractivity contribution in [2.75, 3.05) is 26.3 Å². The lowest BCUT2D eigenvalue weighted by atomic mass is 10.1. The van der Waals surface area contributed by atoms with Crippen LogP contribution >= 0.6 is 0 Å². The molecule has 0 radical (unpaired) electrons. The summed E-state index contributed by atoms with van der Waals surface area (Å²) >= 11 is 0.